The van der Waals surface area contributed by atoms with Crippen LogP contribution in [0.4, 0.5) is 8.78 Å². The largest absolute Gasteiger partial charge is 0.348 e. The molecule has 208 valence electrons. The van der Waals surface area contributed by atoms with Crippen LogP contribution in [0.2, 0.25) is 0 Å². The number of fused-ring (bicyclic) bond motifs is 2. The Balaban J connectivity index is 1.80. The van der Waals surface area contributed by atoms with Crippen LogP contribution in [0.3, 0.4) is 0 Å². The Kier molecular flexibility index (Phi) is 7.61. The van der Waals surface area contributed by atoms with E-state index in [1.165, 1.54) is 53.9 Å². The second-order valence-corrected chi connectivity index (χ2v) is 12.9. The molecule has 0 saturated carbocycles. The van der Waals surface area contributed by atoms with E-state index in [0.717, 1.165) is 15.1 Å². The van der Waals surface area contributed by atoms with Gasteiger partial charge in [0.25, 0.3) is 10.0 Å². The monoisotopic (exact) mass is 602 g/mol. The highest BCUT2D eigenvalue weighted by Gasteiger charge is 2.27. The van der Waals surface area contributed by atoms with Crippen molar-refractivity contribution in [2.45, 2.75) is 28.8 Å². The summed E-state index contributed by atoms with van der Waals surface area (Å²) in [6.45, 7) is 1.35. The highest BCUT2D eigenvalue weighted by molar-refractivity contribution is 8.00. The Morgan fingerprint density at radius 1 is 1.12 bits per heavy atom. The number of aryl methyl sites for hydroxylation is 1. The number of nitrogens with zero attached hydrogens (tertiary/aromatic N) is 4. The van der Waals surface area contributed by atoms with Gasteiger partial charge in [0.05, 0.1) is 22.0 Å². The lowest BCUT2D eigenvalue weighted by Crippen LogP contribution is -2.29. The number of pyridine rings is 1. The summed E-state index contributed by atoms with van der Waals surface area (Å²) in [4.78, 5) is 21.8. The second kappa shape index (κ2) is 10.8. The van der Waals surface area contributed by atoms with E-state index in [1.807, 2.05) is 18.4 Å². The van der Waals surface area contributed by atoms with Gasteiger partial charge < -0.3 is 5.32 Å². The van der Waals surface area contributed by atoms with Crippen molar-refractivity contribution in [3.05, 3.63) is 65.4 Å². The summed E-state index contributed by atoms with van der Waals surface area (Å²) >= 11 is 2.91. The number of nitrogens with one attached hydrogen (secondary N) is 2. The summed E-state index contributed by atoms with van der Waals surface area (Å²) in [6, 6.07) is 9.51. The summed E-state index contributed by atoms with van der Waals surface area (Å²) in [5.41, 5.74) is 2.96. The van der Waals surface area contributed by atoms with Crippen LogP contribution in [-0.4, -0.2) is 47.4 Å². The number of rotatable bonds is 8. The topological polar surface area (TPSA) is 119 Å². The fraction of sp³-hybridized carbons (Fsp3) is 0.231. The van der Waals surface area contributed by atoms with Gasteiger partial charge in [-0.25, -0.2) is 31.9 Å². The van der Waals surface area contributed by atoms with E-state index < -0.39 is 27.7 Å². The molecule has 0 fully saturated rings. The summed E-state index contributed by atoms with van der Waals surface area (Å²) < 4.78 is 58.9. The van der Waals surface area contributed by atoms with Gasteiger partial charge in [-0.3, -0.25) is 9.48 Å². The van der Waals surface area contributed by atoms with Gasteiger partial charge in [-0.2, -0.15) is 5.10 Å². The molecule has 0 aliphatic rings. The Labute approximate surface area is 237 Å². The van der Waals surface area contributed by atoms with E-state index in [-0.39, 0.29) is 17.4 Å². The molecule has 40 heavy (non-hydrogen) atoms. The predicted molar refractivity (Wildman–Crippen MR) is 152 cm³/mol. The number of thioether (sulfide) groups is 1. The molecule has 2 aromatic carbocycles. The lowest BCUT2D eigenvalue weighted by molar-refractivity contribution is -0.119. The van der Waals surface area contributed by atoms with Crippen LogP contribution in [0.25, 0.3) is 32.4 Å². The fourth-order valence-electron chi connectivity index (χ4n) is 4.67. The van der Waals surface area contributed by atoms with E-state index in [0.29, 0.717) is 38.9 Å². The molecule has 5 aromatic rings. The first kappa shape index (κ1) is 28.1. The minimum atomic E-state index is -3.87. The maximum Gasteiger partial charge on any atom is 0.260 e. The highest BCUT2D eigenvalue weighted by atomic mass is 32.2. The van der Waals surface area contributed by atoms with Gasteiger partial charge in [0.1, 0.15) is 11.6 Å². The lowest BCUT2D eigenvalue weighted by atomic mass is 9.94. The van der Waals surface area contributed by atoms with E-state index in [9.17, 15) is 22.0 Å². The van der Waals surface area contributed by atoms with Crippen molar-refractivity contribution in [2.75, 3.05) is 13.3 Å². The number of thiazole rings is 1. The molecule has 0 aliphatic carbocycles. The maximum atomic E-state index is 14.1. The number of carbonyl (C=O) groups excluding carboxylic acids is 1. The SMILES string of the molecule is CNS(=O)(=O)c1nn(C)c2c(-c3cc4sc(SC)nc4nc3[C@H](Cc3cc(F)cc(F)c3)NC(C)=O)cccc12. The standard InChI is InChI=1S/C26H24F2N6O3S3/c1-13(35)30-20(10-14-8-15(27)11-16(28)9-14)22-19(12-21-24(31-22)32-26(38-4)39-21)17-6-5-7-18-23(17)34(3)33-25(18)40(36,37)29-2/h5-9,11-12,20,29H,10H2,1-4H3,(H,30,35)/t20-/m0/s1. The number of hydrogen-bond acceptors (Lipinski definition) is 8. The van der Waals surface area contributed by atoms with Crippen LogP contribution in [0.15, 0.2) is 51.8 Å². The average molecular weight is 603 g/mol. The average Bonchev–Trinajstić information content (AvgIpc) is 3.47. The van der Waals surface area contributed by atoms with Gasteiger partial charge in [0, 0.05) is 36.6 Å². The highest BCUT2D eigenvalue weighted by Crippen LogP contribution is 2.39. The minimum Gasteiger partial charge on any atom is -0.348 e. The normalized spacial score (nSPS) is 12.8. The van der Waals surface area contributed by atoms with Crippen molar-refractivity contribution >= 4 is 60.3 Å². The first-order valence-corrected chi connectivity index (χ1v) is 15.5. The van der Waals surface area contributed by atoms with Gasteiger partial charge in [-0.1, -0.05) is 23.9 Å². The van der Waals surface area contributed by atoms with Crippen molar-refractivity contribution in [3.63, 3.8) is 0 Å². The van der Waals surface area contributed by atoms with Crippen molar-refractivity contribution in [3.8, 4) is 11.1 Å². The Morgan fingerprint density at radius 2 is 1.85 bits per heavy atom. The van der Waals surface area contributed by atoms with Gasteiger partial charge in [0.15, 0.2) is 15.0 Å². The number of aromatic nitrogens is 4. The third kappa shape index (κ3) is 5.31. The van der Waals surface area contributed by atoms with Gasteiger partial charge in [0.2, 0.25) is 5.91 Å². The summed E-state index contributed by atoms with van der Waals surface area (Å²) in [7, 11) is -0.905. The zero-order valence-electron chi connectivity index (χ0n) is 21.8. The van der Waals surface area contributed by atoms with E-state index in [4.69, 9.17) is 4.98 Å². The predicted octanol–water partition coefficient (Wildman–Crippen LogP) is 4.57. The van der Waals surface area contributed by atoms with E-state index >= 15 is 0 Å². The van der Waals surface area contributed by atoms with Crippen molar-refractivity contribution in [1.29, 1.82) is 0 Å². The van der Waals surface area contributed by atoms with Crippen LogP contribution in [0.1, 0.15) is 24.2 Å². The molecule has 14 heteroatoms. The van der Waals surface area contributed by atoms with Crippen LogP contribution in [0, 0.1) is 11.6 Å². The number of halogens is 2. The fourth-order valence-corrected chi connectivity index (χ4v) is 7.01. The van der Waals surface area contributed by atoms with Gasteiger partial charge >= 0.3 is 0 Å². The molecule has 2 N–H and O–H groups in total. The smallest absolute Gasteiger partial charge is 0.260 e. The number of benzene rings is 2. The number of carbonyl (C=O) groups is 1. The van der Waals surface area contributed by atoms with Gasteiger partial charge in [-0.15, -0.1) is 11.3 Å². The van der Waals surface area contributed by atoms with E-state index in [2.05, 4.69) is 20.1 Å². The molecule has 3 aromatic heterocycles. The molecule has 1 amide bonds. The molecule has 9 nitrogen and oxygen atoms in total. The molecular formula is C26H24F2N6O3S3. The Bertz CT molecular complexity index is 1870. The van der Waals surface area contributed by atoms with Crippen LogP contribution < -0.4 is 10.0 Å². The molecule has 3 heterocycles. The molecule has 0 radical (unpaired) electrons. The maximum absolute atomic E-state index is 14.1. The number of amides is 1. The second-order valence-electron chi connectivity index (χ2n) is 9.00. The quantitative estimate of drug-likeness (QED) is 0.250. The Hall–Kier alpha value is -3.46. The first-order valence-electron chi connectivity index (χ1n) is 12.0. The summed E-state index contributed by atoms with van der Waals surface area (Å²) in [5.74, 6) is -1.83. The Morgan fingerprint density at radius 3 is 2.50 bits per heavy atom. The first-order chi connectivity index (χ1) is 19.0. The van der Waals surface area contributed by atoms with Crippen LogP contribution in [-0.2, 0) is 28.3 Å². The molecule has 0 saturated heterocycles. The molecular weight excluding hydrogens is 579 g/mol. The summed E-state index contributed by atoms with van der Waals surface area (Å²) in [6.07, 6.45) is 1.94. The molecule has 5 rings (SSSR count). The molecule has 1 atom stereocenters. The van der Waals surface area contributed by atoms with Crippen molar-refractivity contribution in [1.82, 2.24) is 29.8 Å². The third-order valence-electron chi connectivity index (χ3n) is 6.28. The van der Waals surface area contributed by atoms with Crippen LogP contribution in [0.5, 0.6) is 0 Å². The molecule has 0 aliphatic heterocycles. The molecule has 0 bridgehead atoms. The molecule has 0 unspecified atom stereocenters. The van der Waals surface area contributed by atoms with Crippen LogP contribution >= 0.6 is 23.1 Å². The lowest BCUT2D eigenvalue weighted by Gasteiger charge is -2.21. The zero-order valence-corrected chi connectivity index (χ0v) is 24.3. The van der Waals surface area contributed by atoms with Crippen molar-refractivity contribution in [2.24, 2.45) is 7.05 Å². The summed E-state index contributed by atoms with van der Waals surface area (Å²) in [5, 5.41) is 7.44. The number of sulfonamides is 1. The number of para-hydroxylation sites is 1. The number of hydrogen-bond donors (Lipinski definition) is 2. The molecule has 0 spiro atoms. The third-order valence-corrected chi connectivity index (χ3v) is 9.61. The minimum absolute atomic E-state index is 0.0417. The van der Waals surface area contributed by atoms with Crippen molar-refractivity contribution < 1.29 is 22.0 Å². The zero-order chi connectivity index (χ0) is 28.8. The van der Waals surface area contributed by atoms with E-state index in [1.54, 1.807) is 19.2 Å². The van der Waals surface area contributed by atoms with Gasteiger partial charge in [-0.05, 0) is 49.6 Å².